The summed E-state index contributed by atoms with van der Waals surface area (Å²) >= 11 is 3.23. The van der Waals surface area contributed by atoms with Gasteiger partial charge in [0.25, 0.3) is 0 Å². The first-order valence-electron chi connectivity index (χ1n) is 6.52. The lowest BCUT2D eigenvalue weighted by molar-refractivity contribution is -0.115. The summed E-state index contributed by atoms with van der Waals surface area (Å²) < 4.78 is 29.0. The number of hydrogen-bond acceptors (Lipinski definition) is 5. The number of esters is 1. The number of benzene rings is 1. The summed E-state index contributed by atoms with van der Waals surface area (Å²) in [6.45, 7) is 4.40. The summed E-state index contributed by atoms with van der Waals surface area (Å²) in [6.07, 6.45) is 0. The van der Waals surface area contributed by atoms with E-state index in [1.54, 1.807) is 0 Å². The van der Waals surface area contributed by atoms with Crippen molar-refractivity contribution in [3.05, 3.63) is 28.2 Å². The van der Waals surface area contributed by atoms with Gasteiger partial charge in [0.2, 0.25) is 5.91 Å². The molecule has 0 bridgehead atoms. The largest absolute Gasteiger partial charge is 0.465 e. The van der Waals surface area contributed by atoms with Gasteiger partial charge < -0.3 is 10.1 Å². The molecule has 0 saturated heterocycles. The molecule has 0 aliphatic carbocycles. The highest BCUT2D eigenvalue weighted by atomic mass is 79.9. The molecule has 1 N–H and O–H groups in total. The fourth-order valence-corrected chi connectivity index (χ4v) is 3.30. The molecule has 0 spiro atoms. The Morgan fingerprint density at radius 1 is 1.23 bits per heavy atom. The van der Waals surface area contributed by atoms with Crippen molar-refractivity contribution in [3.8, 4) is 0 Å². The van der Waals surface area contributed by atoms with Crippen molar-refractivity contribution in [1.29, 1.82) is 0 Å². The van der Waals surface area contributed by atoms with Crippen molar-refractivity contribution in [1.82, 2.24) is 0 Å². The van der Waals surface area contributed by atoms with Gasteiger partial charge in [0.05, 0.1) is 23.6 Å². The van der Waals surface area contributed by atoms with Gasteiger partial charge in [0.1, 0.15) is 5.25 Å². The molecule has 0 radical (unpaired) electrons. The van der Waals surface area contributed by atoms with Gasteiger partial charge in [-0.1, -0.05) is 0 Å². The minimum Gasteiger partial charge on any atom is -0.465 e. The smallest absolute Gasteiger partial charge is 0.337 e. The highest BCUT2D eigenvalue weighted by Gasteiger charge is 2.31. The molecular formula is C14H18BrNO5S. The van der Waals surface area contributed by atoms with Gasteiger partial charge in [0.15, 0.2) is 9.84 Å². The Hall–Kier alpha value is -1.41. The van der Waals surface area contributed by atoms with Crippen LogP contribution in [0.1, 0.15) is 31.1 Å². The van der Waals surface area contributed by atoms with E-state index in [9.17, 15) is 18.0 Å². The molecule has 0 saturated carbocycles. The number of rotatable bonds is 5. The van der Waals surface area contributed by atoms with Crippen LogP contribution in [0.3, 0.4) is 0 Å². The predicted molar refractivity (Wildman–Crippen MR) is 87.6 cm³/mol. The molecule has 22 heavy (non-hydrogen) atoms. The number of sulfone groups is 1. The molecule has 1 atom stereocenters. The Balaban J connectivity index is 2.96. The van der Waals surface area contributed by atoms with E-state index in [0.717, 1.165) is 0 Å². The first-order chi connectivity index (χ1) is 10.1. The van der Waals surface area contributed by atoms with Crippen LogP contribution < -0.4 is 5.32 Å². The van der Waals surface area contributed by atoms with Crippen LogP contribution >= 0.6 is 15.9 Å². The normalized spacial score (nSPS) is 12.8. The Kier molecular flexibility index (Phi) is 6.13. The number of carbonyl (C=O) groups excluding carboxylic acids is 2. The predicted octanol–water partition coefficient (Wildman–Crippen LogP) is 2.39. The van der Waals surface area contributed by atoms with Gasteiger partial charge in [-0.3, -0.25) is 4.79 Å². The van der Waals surface area contributed by atoms with Crippen molar-refractivity contribution < 1.29 is 22.7 Å². The monoisotopic (exact) mass is 391 g/mol. The number of nitrogens with one attached hydrogen (secondary N) is 1. The van der Waals surface area contributed by atoms with Gasteiger partial charge in [-0.2, -0.15) is 0 Å². The number of ether oxygens (including phenoxy) is 1. The number of methoxy groups -OCH3 is 1. The Morgan fingerprint density at radius 3 is 2.27 bits per heavy atom. The fraction of sp³-hybridized carbons (Fsp3) is 0.429. The fourth-order valence-electron chi connectivity index (χ4n) is 1.65. The summed E-state index contributed by atoms with van der Waals surface area (Å²) in [5, 5.41) is 0.731. The molecule has 0 aromatic heterocycles. The van der Waals surface area contributed by atoms with Gasteiger partial charge in [0, 0.05) is 4.47 Å². The van der Waals surface area contributed by atoms with E-state index in [0.29, 0.717) is 15.7 Å². The molecule has 8 heteroatoms. The molecule has 0 aliphatic rings. The maximum absolute atomic E-state index is 12.1. The molecule has 0 heterocycles. The molecule has 1 aromatic carbocycles. The standard InChI is InChI=1S/C14H18BrNO5S/c1-8(2)22(19,20)9(3)13(17)16-12-6-5-10(7-11(12)15)14(18)21-4/h5-9H,1-4H3,(H,16,17). The average molecular weight is 392 g/mol. The third kappa shape index (κ3) is 4.07. The lowest BCUT2D eigenvalue weighted by Crippen LogP contribution is -2.36. The van der Waals surface area contributed by atoms with Gasteiger partial charge in [-0.05, 0) is 54.9 Å². The van der Waals surface area contributed by atoms with Gasteiger partial charge >= 0.3 is 5.97 Å². The first-order valence-corrected chi connectivity index (χ1v) is 8.93. The lowest BCUT2D eigenvalue weighted by Gasteiger charge is -2.16. The van der Waals surface area contributed by atoms with Crippen LogP contribution in [0.5, 0.6) is 0 Å². The van der Waals surface area contributed by atoms with Crippen LogP contribution in [0, 0.1) is 0 Å². The summed E-state index contributed by atoms with van der Waals surface area (Å²) in [5.41, 5.74) is 0.693. The van der Waals surface area contributed by atoms with E-state index in [1.165, 1.54) is 46.1 Å². The number of hydrogen-bond donors (Lipinski definition) is 1. The van der Waals surface area contributed by atoms with E-state index in [-0.39, 0.29) is 0 Å². The van der Waals surface area contributed by atoms with Crippen LogP contribution in [0.15, 0.2) is 22.7 Å². The SMILES string of the molecule is COC(=O)c1ccc(NC(=O)C(C)S(=O)(=O)C(C)C)c(Br)c1. The Morgan fingerprint density at radius 2 is 1.82 bits per heavy atom. The van der Waals surface area contributed by atoms with Gasteiger partial charge in [-0.25, -0.2) is 13.2 Å². The van der Waals surface area contributed by atoms with Crippen molar-refractivity contribution in [2.45, 2.75) is 31.3 Å². The van der Waals surface area contributed by atoms with Crippen LogP contribution in [-0.4, -0.2) is 37.9 Å². The van der Waals surface area contributed by atoms with Crippen LogP contribution in [0.25, 0.3) is 0 Å². The molecule has 1 amide bonds. The highest BCUT2D eigenvalue weighted by molar-refractivity contribution is 9.10. The summed E-state index contributed by atoms with van der Waals surface area (Å²) in [7, 11) is -2.27. The summed E-state index contributed by atoms with van der Waals surface area (Å²) in [4.78, 5) is 23.5. The minimum atomic E-state index is -3.54. The van der Waals surface area contributed by atoms with Crippen molar-refractivity contribution in [2.24, 2.45) is 0 Å². The number of amides is 1. The molecule has 1 rings (SSSR count). The van der Waals surface area contributed by atoms with Crippen LogP contribution in [-0.2, 0) is 19.4 Å². The number of anilines is 1. The summed E-state index contributed by atoms with van der Waals surface area (Å²) in [6, 6.07) is 4.47. The maximum Gasteiger partial charge on any atom is 0.337 e. The average Bonchev–Trinajstić information content (AvgIpc) is 2.47. The second-order valence-corrected chi connectivity index (χ2v) is 8.64. The molecule has 1 unspecified atom stereocenters. The topological polar surface area (TPSA) is 89.5 Å². The van der Waals surface area contributed by atoms with Crippen LogP contribution in [0.2, 0.25) is 0 Å². The van der Waals surface area contributed by atoms with Crippen molar-refractivity contribution in [3.63, 3.8) is 0 Å². The van der Waals surface area contributed by atoms with E-state index in [1.807, 2.05) is 0 Å². The molecule has 0 fully saturated rings. The second-order valence-electron chi connectivity index (χ2n) is 4.96. The van der Waals surface area contributed by atoms with E-state index < -0.39 is 32.2 Å². The van der Waals surface area contributed by atoms with E-state index >= 15 is 0 Å². The zero-order valence-corrected chi connectivity index (χ0v) is 15.1. The highest BCUT2D eigenvalue weighted by Crippen LogP contribution is 2.25. The van der Waals surface area contributed by atoms with E-state index in [4.69, 9.17) is 0 Å². The third-order valence-electron chi connectivity index (χ3n) is 3.17. The van der Waals surface area contributed by atoms with Gasteiger partial charge in [-0.15, -0.1) is 0 Å². The van der Waals surface area contributed by atoms with Crippen molar-refractivity contribution >= 4 is 43.3 Å². The second kappa shape index (κ2) is 7.23. The number of halogens is 1. The Labute approximate surface area is 138 Å². The quantitative estimate of drug-likeness (QED) is 0.778. The van der Waals surface area contributed by atoms with Crippen molar-refractivity contribution in [2.75, 3.05) is 12.4 Å². The third-order valence-corrected chi connectivity index (χ3v) is 6.34. The molecule has 1 aromatic rings. The first kappa shape index (κ1) is 18.6. The van der Waals surface area contributed by atoms with Crippen LogP contribution in [0.4, 0.5) is 5.69 Å². The number of carbonyl (C=O) groups is 2. The lowest BCUT2D eigenvalue weighted by atomic mass is 10.2. The minimum absolute atomic E-state index is 0.315. The van der Waals surface area contributed by atoms with E-state index in [2.05, 4.69) is 26.0 Å². The summed E-state index contributed by atoms with van der Waals surface area (Å²) in [5.74, 6) is -1.13. The zero-order valence-electron chi connectivity index (χ0n) is 12.7. The molecule has 0 aliphatic heterocycles. The molecular weight excluding hydrogens is 374 g/mol. The maximum atomic E-state index is 12.1. The zero-order chi connectivity index (χ0) is 17.1. The molecule has 122 valence electrons. The molecule has 6 nitrogen and oxygen atoms in total. The Bertz CT molecular complexity index is 684.